The van der Waals surface area contributed by atoms with Crippen LogP contribution in [0.25, 0.3) is 0 Å². The normalized spacial score (nSPS) is 14.8. The molecule has 5 nitrogen and oxygen atoms in total. The molecule has 2 amide bonds. The number of amides is 2. The van der Waals surface area contributed by atoms with Crippen molar-refractivity contribution in [3.8, 4) is 5.75 Å². The van der Waals surface area contributed by atoms with Gasteiger partial charge in [-0.2, -0.15) is 0 Å². The molecule has 0 aliphatic heterocycles. The number of hydrogen-bond donors (Lipinski definition) is 1. The Hall–Kier alpha value is -1.95. The number of aryl methyl sites for hydroxylation is 1. The largest absolute Gasteiger partial charge is 0.484 e. The third-order valence-electron chi connectivity index (χ3n) is 5.70. The minimum Gasteiger partial charge on any atom is -0.484 e. The third-order valence-corrected chi connectivity index (χ3v) is 6.86. The van der Waals surface area contributed by atoms with E-state index in [1.807, 2.05) is 6.92 Å². The van der Waals surface area contributed by atoms with Gasteiger partial charge in [-0.25, -0.2) is 0 Å². The smallest absolute Gasteiger partial charge is 0.261 e. The highest BCUT2D eigenvalue weighted by Crippen LogP contribution is 2.25. The van der Waals surface area contributed by atoms with Crippen LogP contribution in [0, 0.1) is 6.92 Å². The van der Waals surface area contributed by atoms with Crippen LogP contribution in [0.4, 0.5) is 0 Å². The Balaban J connectivity index is 1.74. The first kappa shape index (κ1) is 24.7. The van der Waals surface area contributed by atoms with Crippen molar-refractivity contribution in [2.45, 2.75) is 58.2 Å². The zero-order chi connectivity index (χ0) is 23.3. The van der Waals surface area contributed by atoms with E-state index in [0.29, 0.717) is 20.8 Å². The zero-order valence-electron chi connectivity index (χ0n) is 18.2. The maximum atomic E-state index is 13.1. The quantitative estimate of drug-likeness (QED) is 0.501. The first-order valence-corrected chi connectivity index (χ1v) is 11.8. The summed E-state index contributed by atoms with van der Waals surface area (Å²) in [5.41, 5.74) is 1.63. The van der Waals surface area contributed by atoms with Gasteiger partial charge in [0.25, 0.3) is 5.91 Å². The molecule has 3 rings (SSSR count). The summed E-state index contributed by atoms with van der Waals surface area (Å²) in [6, 6.07) is 9.87. The molecule has 1 aliphatic rings. The second-order valence-electron chi connectivity index (χ2n) is 8.14. The van der Waals surface area contributed by atoms with Gasteiger partial charge >= 0.3 is 0 Å². The monoisotopic (exact) mass is 496 g/mol. The van der Waals surface area contributed by atoms with Gasteiger partial charge in [-0.15, -0.1) is 0 Å². The van der Waals surface area contributed by atoms with Crippen molar-refractivity contribution in [1.29, 1.82) is 0 Å². The molecule has 0 radical (unpaired) electrons. The Labute approximate surface area is 204 Å². The molecule has 1 fully saturated rings. The summed E-state index contributed by atoms with van der Waals surface area (Å²) >= 11 is 18.2. The van der Waals surface area contributed by atoms with E-state index in [0.717, 1.165) is 36.8 Å². The molecule has 1 unspecified atom stereocenters. The molecule has 8 heteroatoms. The predicted molar refractivity (Wildman–Crippen MR) is 129 cm³/mol. The summed E-state index contributed by atoms with van der Waals surface area (Å²) in [5, 5.41) is 4.53. The molecule has 0 aromatic heterocycles. The Morgan fingerprint density at radius 2 is 1.75 bits per heavy atom. The maximum absolute atomic E-state index is 13.1. The lowest BCUT2D eigenvalue weighted by atomic mass is 10.1. The van der Waals surface area contributed by atoms with Crippen LogP contribution in [0.2, 0.25) is 15.1 Å². The van der Waals surface area contributed by atoms with E-state index >= 15 is 0 Å². The van der Waals surface area contributed by atoms with Gasteiger partial charge in [0.15, 0.2) is 6.61 Å². The number of rotatable bonds is 8. The SMILES string of the molecule is Cc1cc(OCC(=O)N(Cc2ccc(Cl)c(Cl)c2)C(C)C(=O)NC2CCCC2)ccc1Cl. The van der Waals surface area contributed by atoms with Gasteiger partial charge < -0.3 is 15.0 Å². The van der Waals surface area contributed by atoms with Crippen LogP contribution in [0.3, 0.4) is 0 Å². The highest BCUT2D eigenvalue weighted by molar-refractivity contribution is 6.42. The van der Waals surface area contributed by atoms with Gasteiger partial charge in [-0.3, -0.25) is 9.59 Å². The fourth-order valence-electron chi connectivity index (χ4n) is 3.74. The second-order valence-corrected chi connectivity index (χ2v) is 9.36. The summed E-state index contributed by atoms with van der Waals surface area (Å²) in [6.45, 7) is 3.59. The number of halogens is 3. The summed E-state index contributed by atoms with van der Waals surface area (Å²) in [6.07, 6.45) is 4.16. The van der Waals surface area contributed by atoms with E-state index in [1.54, 1.807) is 43.3 Å². The number of nitrogens with zero attached hydrogens (tertiary/aromatic N) is 1. The second kappa shape index (κ2) is 11.3. The van der Waals surface area contributed by atoms with Crippen molar-refractivity contribution in [3.63, 3.8) is 0 Å². The lowest BCUT2D eigenvalue weighted by Gasteiger charge is -2.29. The zero-order valence-corrected chi connectivity index (χ0v) is 20.4. The molecular formula is C24H27Cl3N2O3. The number of hydrogen-bond acceptors (Lipinski definition) is 3. The lowest BCUT2D eigenvalue weighted by Crippen LogP contribution is -2.50. The fourth-order valence-corrected chi connectivity index (χ4v) is 4.18. The third kappa shape index (κ3) is 6.53. The van der Waals surface area contributed by atoms with E-state index in [4.69, 9.17) is 39.5 Å². The van der Waals surface area contributed by atoms with Crippen molar-refractivity contribution in [1.82, 2.24) is 10.2 Å². The average molecular weight is 498 g/mol. The molecule has 1 aliphatic carbocycles. The molecule has 2 aromatic rings. The fraction of sp³-hybridized carbons (Fsp3) is 0.417. The number of carbonyl (C=O) groups is 2. The Bertz CT molecular complexity index is 977. The van der Waals surface area contributed by atoms with Crippen molar-refractivity contribution in [2.75, 3.05) is 6.61 Å². The van der Waals surface area contributed by atoms with Crippen LogP contribution in [-0.4, -0.2) is 35.4 Å². The molecule has 1 saturated carbocycles. The van der Waals surface area contributed by atoms with Gasteiger partial charge in [0.2, 0.25) is 5.91 Å². The number of benzene rings is 2. The number of ether oxygens (including phenoxy) is 1. The summed E-state index contributed by atoms with van der Waals surface area (Å²) < 4.78 is 5.70. The van der Waals surface area contributed by atoms with Crippen LogP contribution in [0.15, 0.2) is 36.4 Å². The van der Waals surface area contributed by atoms with Gasteiger partial charge in [0, 0.05) is 17.6 Å². The lowest BCUT2D eigenvalue weighted by molar-refractivity contribution is -0.142. The van der Waals surface area contributed by atoms with E-state index in [-0.39, 0.29) is 31.0 Å². The Morgan fingerprint density at radius 3 is 2.41 bits per heavy atom. The number of carbonyl (C=O) groups excluding carboxylic acids is 2. The molecule has 0 saturated heterocycles. The molecule has 32 heavy (non-hydrogen) atoms. The van der Waals surface area contributed by atoms with Crippen molar-refractivity contribution in [3.05, 3.63) is 62.6 Å². The van der Waals surface area contributed by atoms with Crippen molar-refractivity contribution >= 4 is 46.6 Å². The van der Waals surface area contributed by atoms with Gasteiger partial charge in [-0.05, 0) is 68.1 Å². The van der Waals surface area contributed by atoms with E-state index < -0.39 is 6.04 Å². The molecule has 0 heterocycles. The minimum absolute atomic E-state index is 0.167. The molecule has 1 N–H and O–H groups in total. The maximum Gasteiger partial charge on any atom is 0.261 e. The van der Waals surface area contributed by atoms with Crippen molar-refractivity contribution < 1.29 is 14.3 Å². The Morgan fingerprint density at radius 1 is 1.06 bits per heavy atom. The summed E-state index contributed by atoms with van der Waals surface area (Å²) in [4.78, 5) is 27.6. The number of nitrogens with one attached hydrogen (secondary N) is 1. The van der Waals surface area contributed by atoms with E-state index in [9.17, 15) is 9.59 Å². The molecule has 0 spiro atoms. The van der Waals surface area contributed by atoms with Crippen LogP contribution in [-0.2, 0) is 16.1 Å². The van der Waals surface area contributed by atoms with E-state index in [2.05, 4.69) is 5.32 Å². The predicted octanol–water partition coefficient (Wildman–Crippen LogP) is 5.81. The average Bonchev–Trinajstić information content (AvgIpc) is 3.27. The van der Waals surface area contributed by atoms with Crippen LogP contribution in [0.5, 0.6) is 5.75 Å². The van der Waals surface area contributed by atoms with Crippen LogP contribution >= 0.6 is 34.8 Å². The molecule has 172 valence electrons. The first-order chi connectivity index (χ1) is 15.2. The minimum atomic E-state index is -0.673. The Kier molecular flexibility index (Phi) is 8.69. The van der Waals surface area contributed by atoms with Gasteiger partial charge in [0.1, 0.15) is 11.8 Å². The molecule has 0 bridgehead atoms. The highest BCUT2D eigenvalue weighted by atomic mass is 35.5. The first-order valence-electron chi connectivity index (χ1n) is 10.7. The van der Waals surface area contributed by atoms with Crippen LogP contribution in [0.1, 0.15) is 43.7 Å². The van der Waals surface area contributed by atoms with Gasteiger partial charge in [0.05, 0.1) is 10.0 Å². The van der Waals surface area contributed by atoms with Crippen LogP contribution < -0.4 is 10.1 Å². The standard InChI is InChI=1S/C24H27Cl3N2O3/c1-15-11-19(8-10-20(15)25)32-14-23(30)29(13-17-7-9-21(26)22(27)12-17)16(2)24(31)28-18-5-3-4-6-18/h7-12,16,18H,3-6,13-14H2,1-2H3,(H,28,31). The van der Waals surface area contributed by atoms with Gasteiger partial charge in [-0.1, -0.05) is 53.7 Å². The summed E-state index contributed by atoms with van der Waals surface area (Å²) in [7, 11) is 0. The molecule has 1 atom stereocenters. The highest BCUT2D eigenvalue weighted by Gasteiger charge is 2.29. The molecular weight excluding hydrogens is 471 g/mol. The van der Waals surface area contributed by atoms with Crippen molar-refractivity contribution in [2.24, 2.45) is 0 Å². The summed E-state index contributed by atoms with van der Waals surface area (Å²) in [5.74, 6) is 0.0585. The molecule has 2 aromatic carbocycles. The van der Waals surface area contributed by atoms with E-state index in [1.165, 1.54) is 4.90 Å². The topological polar surface area (TPSA) is 58.6 Å².